The van der Waals surface area contributed by atoms with Crippen LogP contribution in [-0.2, 0) is 4.52 Å². The standard InChI is InChI=1S/C6H13OP/c1-6(2)4-3-5-7-8-6/h8H,3-5H2,1-2H3. The summed E-state index contributed by atoms with van der Waals surface area (Å²) in [6.07, 6.45) is 2.59. The van der Waals surface area contributed by atoms with Gasteiger partial charge in [-0.25, -0.2) is 0 Å². The lowest BCUT2D eigenvalue weighted by molar-refractivity contribution is 0.297. The van der Waals surface area contributed by atoms with Crippen LogP contribution in [0.2, 0.25) is 0 Å². The largest absolute Gasteiger partial charge is 0.362 e. The molecule has 0 amide bonds. The molecule has 1 saturated heterocycles. The first-order chi connectivity index (χ1) is 3.71. The van der Waals surface area contributed by atoms with Crippen molar-refractivity contribution in [3.63, 3.8) is 0 Å². The summed E-state index contributed by atoms with van der Waals surface area (Å²) in [5, 5.41) is 0.484. The molecule has 1 heterocycles. The van der Waals surface area contributed by atoms with Crippen LogP contribution in [0.15, 0.2) is 0 Å². The van der Waals surface area contributed by atoms with Gasteiger partial charge in [0.05, 0.1) is 6.61 Å². The SMILES string of the molecule is CC1(C)CCCOP1. The minimum absolute atomic E-state index is 0.484. The highest BCUT2D eigenvalue weighted by Crippen LogP contribution is 2.39. The van der Waals surface area contributed by atoms with E-state index in [2.05, 4.69) is 13.8 Å². The molecule has 1 fully saturated rings. The second-order valence-electron chi connectivity index (χ2n) is 2.94. The molecule has 2 heteroatoms. The van der Waals surface area contributed by atoms with E-state index < -0.39 is 0 Å². The van der Waals surface area contributed by atoms with Gasteiger partial charge < -0.3 is 4.52 Å². The van der Waals surface area contributed by atoms with E-state index >= 15 is 0 Å². The van der Waals surface area contributed by atoms with Crippen LogP contribution >= 0.6 is 8.81 Å². The van der Waals surface area contributed by atoms with Gasteiger partial charge in [0, 0.05) is 14.0 Å². The zero-order valence-electron chi connectivity index (χ0n) is 5.53. The third-order valence-electron chi connectivity index (χ3n) is 1.40. The normalized spacial score (nSPS) is 30.8. The van der Waals surface area contributed by atoms with E-state index in [-0.39, 0.29) is 0 Å². The molecule has 0 saturated carbocycles. The molecule has 0 bridgehead atoms. The van der Waals surface area contributed by atoms with E-state index in [0.29, 0.717) is 5.16 Å². The van der Waals surface area contributed by atoms with Crippen molar-refractivity contribution in [2.45, 2.75) is 31.8 Å². The highest BCUT2D eigenvalue weighted by atomic mass is 31.1. The molecule has 1 aliphatic rings. The maximum Gasteiger partial charge on any atom is 0.0506 e. The molecule has 0 aromatic carbocycles. The molecule has 0 N–H and O–H groups in total. The Balaban J connectivity index is 2.33. The predicted octanol–water partition coefficient (Wildman–Crippen LogP) is 2.17. The van der Waals surface area contributed by atoms with Gasteiger partial charge in [0.1, 0.15) is 0 Å². The van der Waals surface area contributed by atoms with Crippen molar-refractivity contribution in [2.75, 3.05) is 6.61 Å². The van der Waals surface area contributed by atoms with E-state index in [9.17, 15) is 0 Å². The van der Waals surface area contributed by atoms with Gasteiger partial charge in [0.15, 0.2) is 0 Å². The van der Waals surface area contributed by atoms with Gasteiger partial charge >= 0.3 is 0 Å². The van der Waals surface area contributed by atoms with E-state index in [1.165, 1.54) is 12.8 Å². The summed E-state index contributed by atoms with van der Waals surface area (Å²) >= 11 is 0. The zero-order chi connectivity index (χ0) is 6.04. The summed E-state index contributed by atoms with van der Waals surface area (Å²) in [7, 11) is 0.728. The van der Waals surface area contributed by atoms with Gasteiger partial charge in [-0.15, -0.1) is 0 Å². The zero-order valence-corrected chi connectivity index (χ0v) is 6.53. The van der Waals surface area contributed by atoms with Gasteiger partial charge in [0.2, 0.25) is 0 Å². The average Bonchev–Trinajstić information content (AvgIpc) is 1.65. The van der Waals surface area contributed by atoms with Crippen molar-refractivity contribution in [2.24, 2.45) is 0 Å². The molecule has 0 radical (unpaired) electrons. The minimum atomic E-state index is 0.484. The molecule has 8 heavy (non-hydrogen) atoms. The van der Waals surface area contributed by atoms with Gasteiger partial charge in [-0.2, -0.15) is 0 Å². The Morgan fingerprint density at radius 1 is 1.50 bits per heavy atom. The lowest BCUT2D eigenvalue weighted by atomic mass is 10.1. The number of hydrogen-bond donors (Lipinski definition) is 0. The van der Waals surface area contributed by atoms with E-state index in [0.717, 1.165) is 15.4 Å². The quantitative estimate of drug-likeness (QED) is 0.459. The highest BCUT2D eigenvalue weighted by Gasteiger charge is 2.21. The lowest BCUT2D eigenvalue weighted by Crippen LogP contribution is -2.18. The van der Waals surface area contributed by atoms with Crippen molar-refractivity contribution in [3.05, 3.63) is 0 Å². The first-order valence-corrected chi connectivity index (χ1v) is 4.00. The molecule has 1 atom stereocenters. The molecule has 0 aliphatic carbocycles. The predicted molar refractivity (Wildman–Crippen MR) is 37.6 cm³/mol. The molecule has 1 rings (SSSR count). The van der Waals surface area contributed by atoms with Crippen LogP contribution in [0, 0.1) is 0 Å². The number of rotatable bonds is 0. The van der Waals surface area contributed by atoms with E-state index in [1.807, 2.05) is 0 Å². The maximum atomic E-state index is 5.31. The van der Waals surface area contributed by atoms with Gasteiger partial charge in [-0.05, 0) is 12.8 Å². The summed E-state index contributed by atoms with van der Waals surface area (Å²) in [4.78, 5) is 0. The Hall–Kier alpha value is 0.390. The maximum absolute atomic E-state index is 5.31. The third-order valence-corrected chi connectivity index (χ3v) is 2.55. The van der Waals surface area contributed by atoms with Crippen LogP contribution < -0.4 is 0 Å². The number of hydrogen-bond acceptors (Lipinski definition) is 1. The molecular formula is C6H13OP. The second kappa shape index (κ2) is 2.33. The smallest absolute Gasteiger partial charge is 0.0506 e. The van der Waals surface area contributed by atoms with Crippen LogP contribution in [0.25, 0.3) is 0 Å². The molecule has 0 aromatic heterocycles. The Morgan fingerprint density at radius 2 is 2.25 bits per heavy atom. The molecule has 1 aliphatic heterocycles. The Labute approximate surface area is 52.7 Å². The van der Waals surface area contributed by atoms with Gasteiger partial charge in [0.25, 0.3) is 0 Å². The van der Waals surface area contributed by atoms with Crippen LogP contribution in [0.4, 0.5) is 0 Å². The molecule has 0 aromatic rings. The third kappa shape index (κ3) is 1.72. The molecular weight excluding hydrogens is 119 g/mol. The highest BCUT2D eigenvalue weighted by molar-refractivity contribution is 7.34. The van der Waals surface area contributed by atoms with Crippen molar-refractivity contribution in [1.82, 2.24) is 0 Å². The molecule has 48 valence electrons. The van der Waals surface area contributed by atoms with Crippen LogP contribution in [0.3, 0.4) is 0 Å². The van der Waals surface area contributed by atoms with Crippen LogP contribution in [-0.4, -0.2) is 11.8 Å². The van der Waals surface area contributed by atoms with Gasteiger partial charge in [-0.3, -0.25) is 0 Å². The van der Waals surface area contributed by atoms with Crippen molar-refractivity contribution >= 4 is 8.81 Å². The Morgan fingerprint density at radius 3 is 2.50 bits per heavy atom. The van der Waals surface area contributed by atoms with Crippen molar-refractivity contribution < 1.29 is 4.52 Å². The van der Waals surface area contributed by atoms with Crippen molar-refractivity contribution in [3.8, 4) is 0 Å². The monoisotopic (exact) mass is 132 g/mol. The summed E-state index contributed by atoms with van der Waals surface area (Å²) < 4.78 is 5.31. The molecule has 0 spiro atoms. The fraction of sp³-hybridized carbons (Fsp3) is 1.00. The van der Waals surface area contributed by atoms with E-state index in [1.54, 1.807) is 0 Å². The minimum Gasteiger partial charge on any atom is -0.362 e. The molecule has 1 unspecified atom stereocenters. The van der Waals surface area contributed by atoms with Gasteiger partial charge in [-0.1, -0.05) is 13.8 Å². The first-order valence-electron chi connectivity index (χ1n) is 3.10. The summed E-state index contributed by atoms with van der Waals surface area (Å²) in [6.45, 7) is 5.52. The van der Waals surface area contributed by atoms with Crippen molar-refractivity contribution in [1.29, 1.82) is 0 Å². The average molecular weight is 132 g/mol. The fourth-order valence-corrected chi connectivity index (χ4v) is 1.80. The lowest BCUT2D eigenvalue weighted by Gasteiger charge is -2.28. The van der Waals surface area contributed by atoms with Crippen LogP contribution in [0.5, 0.6) is 0 Å². The summed E-state index contributed by atoms with van der Waals surface area (Å²) in [6, 6.07) is 0. The van der Waals surface area contributed by atoms with E-state index in [4.69, 9.17) is 4.52 Å². The fourth-order valence-electron chi connectivity index (χ4n) is 0.884. The summed E-state index contributed by atoms with van der Waals surface area (Å²) in [5.41, 5.74) is 0. The summed E-state index contributed by atoms with van der Waals surface area (Å²) in [5.74, 6) is 0. The van der Waals surface area contributed by atoms with Crippen LogP contribution in [0.1, 0.15) is 26.7 Å². The first kappa shape index (κ1) is 6.51. The molecule has 1 nitrogen and oxygen atoms in total. The Bertz CT molecular complexity index is 72.6. The Kier molecular flexibility index (Phi) is 1.89. The second-order valence-corrected chi connectivity index (χ2v) is 4.78. The topological polar surface area (TPSA) is 9.23 Å².